The number of carbonyl (C=O) groups excluding carboxylic acids is 1. The first-order valence-corrected chi connectivity index (χ1v) is 12.4. The summed E-state index contributed by atoms with van der Waals surface area (Å²) in [5, 5.41) is 0. The van der Waals surface area contributed by atoms with Crippen LogP contribution in [0.5, 0.6) is 0 Å². The second-order valence-electron chi connectivity index (χ2n) is 10.0. The Morgan fingerprint density at radius 2 is 1.33 bits per heavy atom. The van der Waals surface area contributed by atoms with Gasteiger partial charge in [0.25, 0.3) is 0 Å². The Bertz CT molecular complexity index is 430. The molecule has 0 heterocycles. The van der Waals surface area contributed by atoms with Gasteiger partial charge in [-0.15, -0.1) is 0 Å². The second-order valence-corrected chi connectivity index (χ2v) is 10.0. The molecule has 3 aliphatic rings. The Labute approximate surface area is 168 Å². The van der Waals surface area contributed by atoms with Crippen LogP contribution in [0.15, 0.2) is 0 Å². The maximum Gasteiger partial charge on any atom is 0.306 e. The van der Waals surface area contributed by atoms with Crippen molar-refractivity contribution in [3.8, 4) is 0 Å². The lowest BCUT2D eigenvalue weighted by atomic mass is 9.65. The normalized spacial score (nSPS) is 37.7. The van der Waals surface area contributed by atoms with Crippen molar-refractivity contribution in [2.45, 2.75) is 123 Å². The van der Waals surface area contributed by atoms with E-state index in [1.54, 1.807) is 0 Å². The van der Waals surface area contributed by atoms with Crippen molar-refractivity contribution in [1.82, 2.24) is 0 Å². The van der Waals surface area contributed by atoms with Crippen LogP contribution >= 0.6 is 0 Å². The number of hydrogen-bond donors (Lipinski definition) is 0. The Morgan fingerprint density at radius 1 is 0.741 bits per heavy atom. The predicted molar refractivity (Wildman–Crippen MR) is 113 cm³/mol. The number of ether oxygens (including phenoxy) is 1. The van der Waals surface area contributed by atoms with E-state index < -0.39 is 0 Å². The quantitative estimate of drug-likeness (QED) is 0.436. The summed E-state index contributed by atoms with van der Waals surface area (Å²) in [6.07, 6.45) is 21.3. The van der Waals surface area contributed by atoms with Gasteiger partial charge in [-0.05, 0) is 100 Å². The topological polar surface area (TPSA) is 26.3 Å². The van der Waals surface area contributed by atoms with Gasteiger partial charge in [0.05, 0.1) is 0 Å². The van der Waals surface area contributed by atoms with Gasteiger partial charge in [0.1, 0.15) is 6.10 Å². The van der Waals surface area contributed by atoms with Crippen LogP contribution in [0, 0.1) is 29.6 Å². The van der Waals surface area contributed by atoms with Gasteiger partial charge in [-0.25, -0.2) is 0 Å². The van der Waals surface area contributed by atoms with Crippen LogP contribution in [-0.2, 0) is 9.53 Å². The van der Waals surface area contributed by atoms with E-state index >= 15 is 0 Å². The third kappa shape index (κ3) is 6.23. The first-order chi connectivity index (χ1) is 13.2. The van der Waals surface area contributed by atoms with Crippen molar-refractivity contribution >= 4 is 5.97 Å². The molecule has 0 amide bonds. The van der Waals surface area contributed by atoms with Crippen molar-refractivity contribution in [3.05, 3.63) is 0 Å². The molecule has 0 bridgehead atoms. The van der Waals surface area contributed by atoms with Crippen molar-refractivity contribution < 1.29 is 9.53 Å². The molecule has 27 heavy (non-hydrogen) atoms. The number of carbonyl (C=O) groups is 1. The highest BCUT2D eigenvalue weighted by atomic mass is 16.5. The lowest BCUT2D eigenvalue weighted by Gasteiger charge is -2.41. The Hall–Kier alpha value is -0.530. The van der Waals surface area contributed by atoms with E-state index in [1.165, 1.54) is 77.0 Å². The summed E-state index contributed by atoms with van der Waals surface area (Å²) in [5.41, 5.74) is 0. The molecule has 0 saturated heterocycles. The maximum atomic E-state index is 11.9. The molecule has 3 saturated carbocycles. The lowest BCUT2D eigenvalue weighted by Crippen LogP contribution is -2.32. The monoisotopic (exact) mass is 376 g/mol. The van der Waals surface area contributed by atoms with Crippen LogP contribution < -0.4 is 0 Å². The van der Waals surface area contributed by atoms with Crippen LogP contribution in [0.2, 0.25) is 0 Å². The van der Waals surface area contributed by atoms with Crippen molar-refractivity contribution in [2.24, 2.45) is 29.6 Å². The van der Waals surface area contributed by atoms with Crippen LogP contribution in [0.1, 0.15) is 117 Å². The van der Waals surface area contributed by atoms with Gasteiger partial charge in [0.15, 0.2) is 0 Å². The molecule has 3 fully saturated rings. The number of esters is 1. The summed E-state index contributed by atoms with van der Waals surface area (Å²) in [6, 6.07) is 0. The maximum absolute atomic E-state index is 11.9. The third-order valence-electron chi connectivity index (χ3n) is 8.16. The molecule has 0 aromatic carbocycles. The molecule has 3 aliphatic carbocycles. The van der Waals surface area contributed by atoms with E-state index in [-0.39, 0.29) is 12.1 Å². The average Bonchev–Trinajstić information content (AvgIpc) is 2.69. The van der Waals surface area contributed by atoms with E-state index in [9.17, 15) is 4.79 Å². The minimum absolute atomic E-state index is 0.0329. The zero-order chi connectivity index (χ0) is 19.1. The highest BCUT2D eigenvalue weighted by molar-refractivity contribution is 5.69. The summed E-state index contributed by atoms with van der Waals surface area (Å²) < 4.78 is 5.76. The van der Waals surface area contributed by atoms with Gasteiger partial charge in [-0.2, -0.15) is 0 Å². The van der Waals surface area contributed by atoms with Crippen LogP contribution in [0.4, 0.5) is 0 Å². The highest BCUT2D eigenvalue weighted by Crippen LogP contribution is 2.46. The first kappa shape index (κ1) is 21.2. The summed E-state index contributed by atoms with van der Waals surface area (Å²) in [6.45, 7) is 4.40. The molecule has 0 aromatic rings. The largest absolute Gasteiger partial charge is 0.462 e. The van der Waals surface area contributed by atoms with Gasteiger partial charge in [0.2, 0.25) is 0 Å². The van der Waals surface area contributed by atoms with Crippen LogP contribution in [0.3, 0.4) is 0 Å². The molecular weight excluding hydrogens is 332 g/mol. The third-order valence-corrected chi connectivity index (χ3v) is 8.16. The fourth-order valence-corrected chi connectivity index (χ4v) is 6.61. The Kier molecular flexibility index (Phi) is 8.52. The standard InChI is InChI=1S/C25H44O2/c1-3-6-19-10-12-20(13-11-19)21-14-16-22(17-15-21)23-8-5-9-24(18-23)27-25(26)7-4-2/h19-24H,3-18H2,1-2H3/t19-,20-,21?,22?,23-,24+/m0/s1. The second kappa shape index (κ2) is 10.9. The molecule has 3 rings (SSSR count). The number of rotatable bonds is 7. The summed E-state index contributed by atoms with van der Waals surface area (Å²) in [5.74, 6) is 4.85. The molecule has 2 atom stereocenters. The number of hydrogen-bond acceptors (Lipinski definition) is 2. The molecule has 0 aromatic heterocycles. The van der Waals surface area contributed by atoms with E-state index in [1.807, 2.05) is 0 Å². The zero-order valence-electron chi connectivity index (χ0n) is 18.1. The van der Waals surface area contributed by atoms with E-state index in [4.69, 9.17) is 4.74 Å². The summed E-state index contributed by atoms with van der Waals surface area (Å²) >= 11 is 0. The highest BCUT2D eigenvalue weighted by Gasteiger charge is 2.35. The smallest absolute Gasteiger partial charge is 0.306 e. The fraction of sp³-hybridized carbons (Fsp3) is 0.960. The van der Waals surface area contributed by atoms with E-state index in [2.05, 4.69) is 13.8 Å². The predicted octanol–water partition coefficient (Wildman–Crippen LogP) is 7.30. The minimum atomic E-state index is 0.0329. The lowest BCUT2D eigenvalue weighted by molar-refractivity contribution is -0.151. The molecule has 0 radical (unpaired) electrons. The van der Waals surface area contributed by atoms with E-state index in [0.717, 1.165) is 48.9 Å². The first-order valence-electron chi connectivity index (χ1n) is 12.4. The average molecular weight is 377 g/mol. The molecule has 0 unspecified atom stereocenters. The Balaban J connectivity index is 1.39. The van der Waals surface area contributed by atoms with Gasteiger partial charge >= 0.3 is 5.97 Å². The van der Waals surface area contributed by atoms with Crippen LogP contribution in [0.25, 0.3) is 0 Å². The zero-order valence-corrected chi connectivity index (χ0v) is 18.1. The fourth-order valence-electron chi connectivity index (χ4n) is 6.61. The summed E-state index contributed by atoms with van der Waals surface area (Å²) in [4.78, 5) is 11.9. The van der Waals surface area contributed by atoms with Gasteiger partial charge in [-0.3, -0.25) is 4.79 Å². The summed E-state index contributed by atoms with van der Waals surface area (Å²) in [7, 11) is 0. The molecule has 156 valence electrons. The van der Waals surface area contributed by atoms with Gasteiger partial charge in [-0.1, -0.05) is 39.5 Å². The van der Waals surface area contributed by atoms with Crippen LogP contribution in [-0.4, -0.2) is 12.1 Å². The molecule has 0 spiro atoms. The van der Waals surface area contributed by atoms with Crippen molar-refractivity contribution in [2.75, 3.05) is 0 Å². The molecular formula is C25H44O2. The SMILES string of the molecule is CCCC(=O)O[C@@H]1CCC[C@H](C2CCC([C@H]3CC[C@H](CCC)CC3)CC2)C1. The van der Waals surface area contributed by atoms with E-state index in [0.29, 0.717) is 6.42 Å². The molecule has 2 nitrogen and oxygen atoms in total. The minimum Gasteiger partial charge on any atom is -0.462 e. The van der Waals surface area contributed by atoms with Gasteiger partial charge in [0, 0.05) is 6.42 Å². The molecule has 2 heteroatoms. The van der Waals surface area contributed by atoms with Crippen molar-refractivity contribution in [1.29, 1.82) is 0 Å². The molecule has 0 N–H and O–H groups in total. The Morgan fingerprint density at radius 3 is 1.93 bits per heavy atom. The van der Waals surface area contributed by atoms with Crippen molar-refractivity contribution in [3.63, 3.8) is 0 Å². The molecule has 0 aliphatic heterocycles. The van der Waals surface area contributed by atoms with Gasteiger partial charge < -0.3 is 4.74 Å².